The molecule has 0 aliphatic heterocycles. The second-order valence-electron chi connectivity index (χ2n) is 4.73. The number of nitriles is 1. The number of hydrogen-bond donors (Lipinski definition) is 1. The van der Waals surface area contributed by atoms with E-state index in [2.05, 4.69) is 21.2 Å². The van der Waals surface area contributed by atoms with Crippen molar-refractivity contribution >= 4 is 33.5 Å². The molecule has 2 aromatic rings. The van der Waals surface area contributed by atoms with Crippen LogP contribution in [0.2, 0.25) is 0 Å². The summed E-state index contributed by atoms with van der Waals surface area (Å²) in [5.74, 6) is -1.53. The van der Waals surface area contributed by atoms with Gasteiger partial charge in [-0.25, -0.2) is 9.18 Å². The summed E-state index contributed by atoms with van der Waals surface area (Å²) in [6, 6.07) is 12.1. The molecule has 2 rings (SSSR count). The van der Waals surface area contributed by atoms with Crippen LogP contribution in [0.1, 0.15) is 5.56 Å². The summed E-state index contributed by atoms with van der Waals surface area (Å²) >= 11 is 3.10. The van der Waals surface area contributed by atoms with Crippen molar-refractivity contribution in [1.82, 2.24) is 0 Å². The largest absolute Gasteiger partial charge is 0.481 e. The fraction of sp³-hybridized carbons (Fsp3) is 0.118. The molecule has 0 radical (unpaired) electrons. The van der Waals surface area contributed by atoms with Gasteiger partial charge >= 0.3 is 5.97 Å². The molecule has 25 heavy (non-hydrogen) atoms. The smallest absolute Gasteiger partial charge is 0.344 e. The molecule has 2 aromatic carbocycles. The Morgan fingerprint density at radius 2 is 1.96 bits per heavy atom. The molecule has 0 saturated carbocycles. The van der Waals surface area contributed by atoms with Crippen molar-refractivity contribution in [2.45, 2.75) is 0 Å². The lowest BCUT2D eigenvalue weighted by molar-refractivity contribution is -0.149. The zero-order valence-electron chi connectivity index (χ0n) is 12.8. The Morgan fingerprint density at radius 3 is 2.68 bits per heavy atom. The molecule has 0 unspecified atom stereocenters. The van der Waals surface area contributed by atoms with Crippen molar-refractivity contribution in [3.8, 4) is 11.8 Å². The van der Waals surface area contributed by atoms with E-state index >= 15 is 0 Å². The van der Waals surface area contributed by atoms with E-state index in [9.17, 15) is 14.0 Å². The van der Waals surface area contributed by atoms with Gasteiger partial charge in [0.15, 0.2) is 13.2 Å². The van der Waals surface area contributed by atoms with Gasteiger partial charge in [-0.15, -0.1) is 0 Å². The molecule has 8 heteroatoms. The Morgan fingerprint density at radius 1 is 1.20 bits per heavy atom. The van der Waals surface area contributed by atoms with Crippen LogP contribution in [-0.2, 0) is 14.3 Å². The first kappa shape index (κ1) is 18.4. The maximum Gasteiger partial charge on any atom is 0.344 e. The second kappa shape index (κ2) is 8.80. The molecular weight excluding hydrogens is 395 g/mol. The van der Waals surface area contributed by atoms with Gasteiger partial charge in [0.1, 0.15) is 17.6 Å². The quantitative estimate of drug-likeness (QED) is 0.744. The van der Waals surface area contributed by atoms with E-state index < -0.39 is 30.9 Å². The maximum atomic E-state index is 12.9. The topological polar surface area (TPSA) is 88.4 Å². The molecule has 0 atom stereocenters. The zero-order chi connectivity index (χ0) is 18.2. The van der Waals surface area contributed by atoms with Crippen LogP contribution in [-0.4, -0.2) is 25.1 Å². The predicted molar refractivity (Wildman–Crippen MR) is 90.3 cm³/mol. The molecule has 1 amide bonds. The molecule has 0 saturated heterocycles. The number of nitrogens with one attached hydrogen (secondary N) is 1. The fourth-order valence-electron chi connectivity index (χ4n) is 1.79. The zero-order valence-corrected chi connectivity index (χ0v) is 14.4. The van der Waals surface area contributed by atoms with Crippen LogP contribution in [0.15, 0.2) is 46.9 Å². The van der Waals surface area contributed by atoms with Crippen LogP contribution in [0.4, 0.5) is 10.1 Å². The predicted octanol–water partition coefficient (Wildman–Crippen LogP) is 3.02. The van der Waals surface area contributed by atoms with Crippen molar-refractivity contribution in [3.63, 3.8) is 0 Å². The first-order valence-electron chi connectivity index (χ1n) is 7.02. The van der Waals surface area contributed by atoms with Crippen molar-refractivity contribution in [2.75, 3.05) is 18.5 Å². The minimum absolute atomic E-state index is 0.269. The number of hydrogen-bond acceptors (Lipinski definition) is 5. The third-order valence-corrected chi connectivity index (χ3v) is 3.55. The number of halogens is 2. The Balaban J connectivity index is 1.79. The van der Waals surface area contributed by atoms with E-state index in [1.165, 1.54) is 18.2 Å². The van der Waals surface area contributed by atoms with Crippen LogP contribution in [0.3, 0.4) is 0 Å². The number of nitrogens with zero attached hydrogens (tertiary/aromatic N) is 1. The highest BCUT2D eigenvalue weighted by Crippen LogP contribution is 2.25. The third-order valence-electron chi connectivity index (χ3n) is 2.93. The van der Waals surface area contributed by atoms with Gasteiger partial charge in [0.25, 0.3) is 5.91 Å². The Labute approximate surface area is 151 Å². The van der Waals surface area contributed by atoms with Gasteiger partial charge < -0.3 is 14.8 Å². The van der Waals surface area contributed by atoms with Gasteiger partial charge in [-0.3, -0.25) is 4.79 Å². The summed E-state index contributed by atoms with van der Waals surface area (Å²) in [6.45, 7) is -0.959. The van der Waals surface area contributed by atoms with Crippen molar-refractivity contribution in [1.29, 1.82) is 5.26 Å². The summed E-state index contributed by atoms with van der Waals surface area (Å²) in [5.41, 5.74) is 0.629. The minimum atomic E-state index is -0.764. The normalized spacial score (nSPS) is 9.80. The molecule has 0 aliphatic carbocycles. The molecule has 0 aliphatic rings. The van der Waals surface area contributed by atoms with Gasteiger partial charge in [-0.05, 0) is 46.3 Å². The number of benzene rings is 2. The van der Waals surface area contributed by atoms with Gasteiger partial charge in [0.05, 0.1) is 15.7 Å². The molecule has 0 heterocycles. The molecule has 0 bridgehead atoms. The monoisotopic (exact) mass is 406 g/mol. The molecule has 0 spiro atoms. The van der Waals surface area contributed by atoms with Crippen LogP contribution >= 0.6 is 15.9 Å². The number of esters is 1. The highest BCUT2D eigenvalue weighted by molar-refractivity contribution is 9.10. The number of carbonyl (C=O) groups excluding carboxylic acids is 2. The van der Waals surface area contributed by atoms with E-state index in [1.807, 2.05) is 6.07 Å². The summed E-state index contributed by atoms with van der Waals surface area (Å²) < 4.78 is 23.3. The SMILES string of the molecule is N#Cc1ccccc1NC(=O)COC(=O)COc1ccc(F)cc1Br. The van der Waals surface area contributed by atoms with E-state index in [0.29, 0.717) is 15.7 Å². The Bertz CT molecular complexity index is 836. The van der Waals surface area contributed by atoms with Crippen LogP contribution in [0.5, 0.6) is 5.75 Å². The lowest BCUT2D eigenvalue weighted by Gasteiger charge is -2.09. The number of amides is 1. The summed E-state index contributed by atoms with van der Waals surface area (Å²) in [6.07, 6.45) is 0. The number of rotatable bonds is 6. The van der Waals surface area contributed by atoms with E-state index in [0.717, 1.165) is 0 Å². The summed E-state index contributed by atoms with van der Waals surface area (Å²) in [7, 11) is 0. The third kappa shape index (κ3) is 5.58. The highest BCUT2D eigenvalue weighted by atomic mass is 79.9. The van der Waals surface area contributed by atoms with Crippen molar-refractivity contribution in [2.24, 2.45) is 0 Å². The van der Waals surface area contributed by atoms with E-state index in [-0.39, 0.29) is 5.75 Å². The average molecular weight is 407 g/mol. The van der Waals surface area contributed by atoms with Gasteiger partial charge in [-0.2, -0.15) is 5.26 Å². The van der Waals surface area contributed by atoms with Gasteiger partial charge in [0.2, 0.25) is 0 Å². The number of ether oxygens (including phenoxy) is 2. The maximum absolute atomic E-state index is 12.9. The van der Waals surface area contributed by atoms with Crippen LogP contribution < -0.4 is 10.1 Å². The molecular formula is C17H12BrFN2O4. The molecule has 0 aromatic heterocycles. The number of para-hydroxylation sites is 1. The molecule has 128 valence electrons. The second-order valence-corrected chi connectivity index (χ2v) is 5.58. The van der Waals surface area contributed by atoms with E-state index in [1.54, 1.807) is 24.3 Å². The summed E-state index contributed by atoms with van der Waals surface area (Å²) in [5, 5.41) is 11.4. The number of carbonyl (C=O) groups is 2. The molecule has 1 N–H and O–H groups in total. The average Bonchev–Trinajstić information content (AvgIpc) is 2.59. The van der Waals surface area contributed by atoms with Crippen molar-refractivity contribution < 1.29 is 23.5 Å². The molecule has 6 nitrogen and oxygen atoms in total. The first-order valence-corrected chi connectivity index (χ1v) is 7.81. The number of anilines is 1. The molecule has 0 fully saturated rings. The standard InChI is InChI=1S/C17H12BrFN2O4/c18-13-7-12(19)5-6-15(13)24-10-17(23)25-9-16(22)21-14-4-2-1-3-11(14)8-20/h1-7H,9-10H2,(H,21,22). The Kier molecular flexibility index (Phi) is 6.48. The van der Waals surface area contributed by atoms with Gasteiger partial charge in [-0.1, -0.05) is 12.1 Å². The van der Waals surface area contributed by atoms with Gasteiger partial charge in [0, 0.05) is 0 Å². The van der Waals surface area contributed by atoms with Crippen LogP contribution in [0, 0.1) is 17.1 Å². The van der Waals surface area contributed by atoms with Crippen molar-refractivity contribution in [3.05, 3.63) is 58.3 Å². The lowest BCUT2D eigenvalue weighted by atomic mass is 10.2. The fourth-order valence-corrected chi connectivity index (χ4v) is 2.26. The first-order chi connectivity index (χ1) is 12.0. The lowest BCUT2D eigenvalue weighted by Crippen LogP contribution is -2.24. The minimum Gasteiger partial charge on any atom is -0.481 e. The van der Waals surface area contributed by atoms with E-state index in [4.69, 9.17) is 14.7 Å². The van der Waals surface area contributed by atoms with Crippen LogP contribution in [0.25, 0.3) is 0 Å². The Hall–Kier alpha value is -2.92. The highest BCUT2D eigenvalue weighted by Gasteiger charge is 2.11. The summed E-state index contributed by atoms with van der Waals surface area (Å²) in [4.78, 5) is 23.4.